The summed E-state index contributed by atoms with van der Waals surface area (Å²) in [7, 11) is 0. The van der Waals surface area contributed by atoms with E-state index < -0.39 is 5.79 Å². The van der Waals surface area contributed by atoms with Gasteiger partial charge in [0.25, 0.3) is 0 Å². The maximum Gasteiger partial charge on any atom is 0.163 e. The van der Waals surface area contributed by atoms with Crippen LogP contribution in [0.5, 0.6) is 0 Å². The van der Waals surface area contributed by atoms with Crippen molar-refractivity contribution >= 4 is 0 Å². The average molecular weight is 157 g/mol. The van der Waals surface area contributed by atoms with E-state index in [-0.39, 0.29) is 6.10 Å². The highest BCUT2D eigenvalue weighted by Crippen LogP contribution is 2.22. The minimum absolute atomic E-state index is 0.0774. The Labute approximate surface area is 67.2 Å². The standard InChI is InChI=1S/C8H15NO2/c1-8(2)10-6-7(11-8)4-3-5-9/h3-4,7H,5-6,9H2,1-2H3/b4-3+. The predicted molar refractivity (Wildman–Crippen MR) is 43.1 cm³/mol. The van der Waals surface area contributed by atoms with Crippen molar-refractivity contribution in [2.24, 2.45) is 5.73 Å². The van der Waals surface area contributed by atoms with Crippen LogP contribution >= 0.6 is 0 Å². The second kappa shape index (κ2) is 3.34. The topological polar surface area (TPSA) is 44.5 Å². The maximum absolute atomic E-state index is 5.49. The molecular weight excluding hydrogens is 142 g/mol. The fraction of sp³-hybridized carbons (Fsp3) is 0.750. The Morgan fingerprint density at radius 1 is 1.64 bits per heavy atom. The number of hydrogen-bond acceptors (Lipinski definition) is 3. The molecule has 0 aliphatic carbocycles. The third-order valence-electron chi connectivity index (χ3n) is 1.52. The third kappa shape index (κ3) is 2.61. The molecule has 0 aromatic rings. The molecule has 0 amide bonds. The quantitative estimate of drug-likeness (QED) is 0.599. The van der Waals surface area contributed by atoms with Crippen LogP contribution in [-0.2, 0) is 9.47 Å². The first kappa shape index (κ1) is 8.71. The second-order valence-electron chi connectivity index (χ2n) is 3.03. The summed E-state index contributed by atoms with van der Waals surface area (Å²) in [4.78, 5) is 0. The maximum atomic E-state index is 5.49. The van der Waals surface area contributed by atoms with Crippen LogP contribution in [0.3, 0.4) is 0 Å². The van der Waals surface area contributed by atoms with E-state index in [4.69, 9.17) is 15.2 Å². The summed E-state index contributed by atoms with van der Waals surface area (Å²) >= 11 is 0. The van der Waals surface area contributed by atoms with E-state index in [0.717, 1.165) is 0 Å². The molecule has 1 fully saturated rings. The average Bonchev–Trinajstić information content (AvgIpc) is 2.26. The van der Waals surface area contributed by atoms with Gasteiger partial charge in [-0.25, -0.2) is 0 Å². The van der Waals surface area contributed by atoms with Crippen LogP contribution in [0.2, 0.25) is 0 Å². The van der Waals surface area contributed by atoms with Crippen LogP contribution in [-0.4, -0.2) is 25.0 Å². The van der Waals surface area contributed by atoms with Crippen LogP contribution in [0.25, 0.3) is 0 Å². The van der Waals surface area contributed by atoms with Gasteiger partial charge in [-0.1, -0.05) is 12.2 Å². The summed E-state index contributed by atoms with van der Waals surface area (Å²) in [5.41, 5.74) is 5.29. The minimum atomic E-state index is -0.427. The van der Waals surface area contributed by atoms with Crippen LogP contribution in [0, 0.1) is 0 Å². The van der Waals surface area contributed by atoms with E-state index in [0.29, 0.717) is 13.2 Å². The molecule has 0 saturated carbocycles. The molecule has 3 heteroatoms. The number of nitrogens with two attached hydrogens (primary N) is 1. The molecule has 0 aromatic carbocycles. The Kier molecular flexibility index (Phi) is 2.65. The SMILES string of the molecule is CC1(C)OCC(/C=C/CN)O1. The molecule has 1 saturated heterocycles. The molecule has 1 unspecified atom stereocenters. The van der Waals surface area contributed by atoms with Crippen molar-refractivity contribution in [3.8, 4) is 0 Å². The first-order chi connectivity index (χ1) is 5.14. The van der Waals surface area contributed by atoms with Crippen molar-refractivity contribution in [3.63, 3.8) is 0 Å². The zero-order valence-electron chi connectivity index (χ0n) is 7.04. The van der Waals surface area contributed by atoms with Crippen molar-refractivity contribution in [3.05, 3.63) is 12.2 Å². The van der Waals surface area contributed by atoms with Crippen molar-refractivity contribution in [1.82, 2.24) is 0 Å². The Balaban J connectivity index is 2.36. The molecule has 3 nitrogen and oxygen atoms in total. The predicted octanol–water partition coefficient (Wildman–Crippen LogP) is 0.653. The van der Waals surface area contributed by atoms with Crippen LogP contribution < -0.4 is 5.73 Å². The molecule has 64 valence electrons. The van der Waals surface area contributed by atoms with Crippen molar-refractivity contribution in [2.75, 3.05) is 13.2 Å². The van der Waals surface area contributed by atoms with Crippen molar-refractivity contribution < 1.29 is 9.47 Å². The molecule has 1 atom stereocenters. The molecule has 0 spiro atoms. The van der Waals surface area contributed by atoms with Gasteiger partial charge in [-0.2, -0.15) is 0 Å². The van der Waals surface area contributed by atoms with Gasteiger partial charge in [0.2, 0.25) is 0 Å². The van der Waals surface area contributed by atoms with E-state index in [1.807, 2.05) is 26.0 Å². The van der Waals surface area contributed by atoms with Crippen molar-refractivity contribution in [1.29, 1.82) is 0 Å². The fourth-order valence-corrected chi connectivity index (χ4v) is 1.04. The van der Waals surface area contributed by atoms with Crippen LogP contribution in [0.1, 0.15) is 13.8 Å². The van der Waals surface area contributed by atoms with Crippen molar-refractivity contribution in [2.45, 2.75) is 25.7 Å². The second-order valence-corrected chi connectivity index (χ2v) is 3.03. The van der Waals surface area contributed by atoms with E-state index in [1.54, 1.807) is 0 Å². The zero-order chi connectivity index (χ0) is 8.32. The molecule has 1 aliphatic rings. The normalized spacial score (nSPS) is 29.9. The summed E-state index contributed by atoms with van der Waals surface area (Å²) in [6.45, 7) is 5.00. The Morgan fingerprint density at radius 2 is 2.36 bits per heavy atom. The first-order valence-corrected chi connectivity index (χ1v) is 3.82. The Bertz CT molecular complexity index is 154. The van der Waals surface area contributed by atoms with Crippen LogP contribution in [0.4, 0.5) is 0 Å². The summed E-state index contributed by atoms with van der Waals surface area (Å²) in [5, 5.41) is 0. The van der Waals surface area contributed by atoms with E-state index in [9.17, 15) is 0 Å². The lowest BCUT2D eigenvalue weighted by Gasteiger charge is -2.15. The number of rotatable bonds is 2. The molecule has 11 heavy (non-hydrogen) atoms. The molecule has 0 bridgehead atoms. The summed E-state index contributed by atoms with van der Waals surface area (Å²) < 4.78 is 10.8. The summed E-state index contributed by atoms with van der Waals surface area (Å²) in [6.07, 6.45) is 3.90. The Hall–Kier alpha value is -0.380. The van der Waals surface area contributed by atoms with Gasteiger partial charge in [-0.05, 0) is 13.8 Å². The van der Waals surface area contributed by atoms with E-state index in [2.05, 4.69) is 0 Å². The molecule has 2 N–H and O–H groups in total. The lowest BCUT2D eigenvalue weighted by atomic mass is 10.3. The van der Waals surface area contributed by atoms with Gasteiger partial charge in [0.05, 0.1) is 6.61 Å². The highest BCUT2D eigenvalue weighted by molar-refractivity contribution is 4.93. The fourth-order valence-electron chi connectivity index (χ4n) is 1.04. The van der Waals surface area contributed by atoms with Crippen LogP contribution in [0.15, 0.2) is 12.2 Å². The molecule has 0 radical (unpaired) electrons. The van der Waals surface area contributed by atoms with Gasteiger partial charge in [-0.3, -0.25) is 0 Å². The third-order valence-corrected chi connectivity index (χ3v) is 1.52. The minimum Gasteiger partial charge on any atom is -0.347 e. The van der Waals surface area contributed by atoms with E-state index in [1.165, 1.54) is 0 Å². The highest BCUT2D eigenvalue weighted by atomic mass is 16.7. The molecule has 0 aromatic heterocycles. The van der Waals surface area contributed by atoms with E-state index >= 15 is 0 Å². The molecular formula is C8H15NO2. The number of ether oxygens (including phenoxy) is 2. The number of hydrogen-bond donors (Lipinski definition) is 1. The Morgan fingerprint density at radius 3 is 2.82 bits per heavy atom. The highest BCUT2D eigenvalue weighted by Gasteiger charge is 2.30. The lowest BCUT2D eigenvalue weighted by Crippen LogP contribution is -2.20. The van der Waals surface area contributed by atoms with Gasteiger partial charge < -0.3 is 15.2 Å². The van der Waals surface area contributed by atoms with Gasteiger partial charge in [0.1, 0.15) is 6.10 Å². The van der Waals surface area contributed by atoms with Gasteiger partial charge >= 0.3 is 0 Å². The van der Waals surface area contributed by atoms with Gasteiger partial charge in [0, 0.05) is 6.54 Å². The molecule has 1 aliphatic heterocycles. The monoisotopic (exact) mass is 157 g/mol. The zero-order valence-corrected chi connectivity index (χ0v) is 7.04. The van der Waals surface area contributed by atoms with Gasteiger partial charge in [-0.15, -0.1) is 0 Å². The van der Waals surface area contributed by atoms with Gasteiger partial charge in [0.15, 0.2) is 5.79 Å². The lowest BCUT2D eigenvalue weighted by molar-refractivity contribution is -0.133. The smallest absolute Gasteiger partial charge is 0.163 e. The summed E-state index contributed by atoms with van der Waals surface area (Å²) in [5.74, 6) is -0.427. The largest absolute Gasteiger partial charge is 0.347 e. The summed E-state index contributed by atoms with van der Waals surface area (Å²) in [6, 6.07) is 0. The molecule has 1 rings (SSSR count). The first-order valence-electron chi connectivity index (χ1n) is 3.82. The molecule has 1 heterocycles.